The van der Waals surface area contributed by atoms with Crippen molar-refractivity contribution in [3.8, 4) is 0 Å². The Morgan fingerprint density at radius 1 is 0.960 bits per heavy atom. The van der Waals surface area contributed by atoms with Crippen LogP contribution in [0.25, 0.3) is 0 Å². The highest BCUT2D eigenvalue weighted by atomic mass is 16.2. The Hall–Kier alpha value is -2.89. The standard InChI is InChI=1S/C19H22N4O2/c1-14-3-5-17(6-4-14)21-18-11-16(12-20-13-18)19(25)23-9-7-22(8-10-23)15(2)24/h3-6,11-13,21H,7-10H2,1-2H3. The monoisotopic (exact) mass is 338 g/mol. The lowest BCUT2D eigenvalue weighted by molar-refractivity contribution is -0.130. The van der Waals surface area contributed by atoms with Crippen molar-refractivity contribution in [2.75, 3.05) is 31.5 Å². The van der Waals surface area contributed by atoms with Crippen molar-refractivity contribution in [1.29, 1.82) is 0 Å². The van der Waals surface area contributed by atoms with E-state index >= 15 is 0 Å². The Morgan fingerprint density at radius 2 is 1.60 bits per heavy atom. The summed E-state index contributed by atoms with van der Waals surface area (Å²) in [6, 6.07) is 9.85. The number of piperazine rings is 1. The number of anilines is 2. The fourth-order valence-electron chi connectivity index (χ4n) is 2.84. The smallest absolute Gasteiger partial charge is 0.255 e. The highest BCUT2D eigenvalue weighted by Crippen LogP contribution is 2.18. The van der Waals surface area contributed by atoms with E-state index in [4.69, 9.17) is 0 Å². The number of carbonyl (C=O) groups excluding carboxylic acids is 2. The highest BCUT2D eigenvalue weighted by Gasteiger charge is 2.23. The molecule has 0 bridgehead atoms. The molecule has 3 rings (SSSR count). The van der Waals surface area contributed by atoms with Crippen LogP contribution in [0.3, 0.4) is 0 Å². The number of nitrogens with zero attached hydrogens (tertiary/aromatic N) is 3. The largest absolute Gasteiger partial charge is 0.354 e. The highest BCUT2D eigenvalue weighted by molar-refractivity contribution is 5.95. The number of hydrogen-bond acceptors (Lipinski definition) is 4. The number of nitrogens with one attached hydrogen (secondary N) is 1. The van der Waals surface area contributed by atoms with E-state index in [1.165, 1.54) is 5.56 Å². The summed E-state index contributed by atoms with van der Waals surface area (Å²) in [5.74, 6) is 0.00122. The van der Waals surface area contributed by atoms with Gasteiger partial charge in [0.25, 0.3) is 5.91 Å². The first kappa shape index (κ1) is 17.0. The van der Waals surface area contributed by atoms with Gasteiger partial charge in [-0.3, -0.25) is 14.6 Å². The third-order valence-electron chi connectivity index (χ3n) is 4.34. The van der Waals surface area contributed by atoms with Crippen molar-refractivity contribution < 1.29 is 9.59 Å². The normalized spacial score (nSPS) is 14.3. The van der Waals surface area contributed by atoms with Gasteiger partial charge in [0.1, 0.15) is 0 Å². The van der Waals surface area contributed by atoms with Gasteiger partial charge in [-0.1, -0.05) is 17.7 Å². The minimum Gasteiger partial charge on any atom is -0.354 e. The van der Waals surface area contributed by atoms with Crippen molar-refractivity contribution in [1.82, 2.24) is 14.8 Å². The number of aryl methyl sites for hydroxylation is 1. The maximum absolute atomic E-state index is 12.7. The molecule has 0 aliphatic carbocycles. The second-order valence-electron chi connectivity index (χ2n) is 6.25. The van der Waals surface area contributed by atoms with E-state index in [1.807, 2.05) is 37.3 Å². The van der Waals surface area contributed by atoms with Crippen molar-refractivity contribution in [2.45, 2.75) is 13.8 Å². The van der Waals surface area contributed by atoms with E-state index in [-0.39, 0.29) is 11.8 Å². The van der Waals surface area contributed by atoms with Crippen LogP contribution in [-0.2, 0) is 4.79 Å². The third kappa shape index (κ3) is 4.15. The molecule has 0 saturated carbocycles. The van der Waals surface area contributed by atoms with Crippen LogP contribution in [-0.4, -0.2) is 52.8 Å². The summed E-state index contributed by atoms with van der Waals surface area (Å²) in [5, 5.41) is 3.27. The fraction of sp³-hybridized carbons (Fsp3) is 0.316. The van der Waals surface area contributed by atoms with Gasteiger partial charge in [-0.15, -0.1) is 0 Å². The average Bonchev–Trinajstić information content (AvgIpc) is 2.63. The second-order valence-corrected chi connectivity index (χ2v) is 6.25. The van der Waals surface area contributed by atoms with Crippen molar-refractivity contribution in [3.05, 3.63) is 53.9 Å². The van der Waals surface area contributed by atoms with E-state index < -0.39 is 0 Å². The predicted octanol–water partition coefficient (Wildman–Crippen LogP) is 2.44. The summed E-state index contributed by atoms with van der Waals surface area (Å²) in [6.45, 7) is 5.85. The Labute approximate surface area is 147 Å². The summed E-state index contributed by atoms with van der Waals surface area (Å²) in [6.07, 6.45) is 3.28. The number of hydrogen-bond donors (Lipinski definition) is 1. The molecule has 0 spiro atoms. The molecule has 25 heavy (non-hydrogen) atoms. The summed E-state index contributed by atoms with van der Waals surface area (Å²) < 4.78 is 0. The number of rotatable bonds is 3. The van der Waals surface area contributed by atoms with Gasteiger partial charge in [-0.05, 0) is 25.1 Å². The number of aromatic nitrogens is 1. The first-order valence-electron chi connectivity index (χ1n) is 8.36. The molecule has 0 unspecified atom stereocenters. The lowest BCUT2D eigenvalue weighted by atomic mass is 10.2. The summed E-state index contributed by atoms with van der Waals surface area (Å²) in [4.78, 5) is 31.8. The second kappa shape index (κ2) is 7.34. The molecular weight excluding hydrogens is 316 g/mol. The Bertz CT molecular complexity index is 765. The molecular formula is C19H22N4O2. The summed E-state index contributed by atoms with van der Waals surface area (Å²) >= 11 is 0. The van der Waals surface area contributed by atoms with Crippen molar-refractivity contribution in [3.63, 3.8) is 0 Å². The molecule has 1 aromatic heterocycles. The number of carbonyl (C=O) groups is 2. The first-order chi connectivity index (χ1) is 12.0. The molecule has 2 amide bonds. The topological polar surface area (TPSA) is 65.5 Å². The number of pyridine rings is 1. The van der Waals surface area contributed by atoms with Crippen molar-refractivity contribution in [2.24, 2.45) is 0 Å². The van der Waals surface area contributed by atoms with E-state index in [2.05, 4.69) is 10.3 Å². The molecule has 2 heterocycles. The summed E-state index contributed by atoms with van der Waals surface area (Å²) in [7, 11) is 0. The van der Waals surface area contributed by atoms with Crippen LogP contribution in [0, 0.1) is 6.92 Å². The zero-order valence-electron chi connectivity index (χ0n) is 14.5. The Kier molecular flexibility index (Phi) is 4.97. The lowest BCUT2D eigenvalue weighted by Crippen LogP contribution is -2.50. The van der Waals surface area contributed by atoms with Crippen LogP contribution in [0.15, 0.2) is 42.7 Å². The Balaban J connectivity index is 1.67. The van der Waals surface area contributed by atoms with Gasteiger partial charge in [-0.2, -0.15) is 0 Å². The quantitative estimate of drug-likeness (QED) is 0.933. The van der Waals surface area contributed by atoms with Gasteiger partial charge in [0.05, 0.1) is 17.4 Å². The van der Waals surface area contributed by atoms with Gasteiger partial charge in [-0.25, -0.2) is 0 Å². The van der Waals surface area contributed by atoms with E-state index in [9.17, 15) is 9.59 Å². The van der Waals surface area contributed by atoms with Gasteiger partial charge in [0.2, 0.25) is 5.91 Å². The SMILES string of the molecule is CC(=O)N1CCN(C(=O)c2cncc(Nc3ccc(C)cc3)c2)CC1. The molecule has 1 saturated heterocycles. The van der Waals surface area contributed by atoms with Crippen LogP contribution in [0.5, 0.6) is 0 Å². The van der Waals surface area contributed by atoms with Gasteiger partial charge >= 0.3 is 0 Å². The van der Waals surface area contributed by atoms with Gasteiger partial charge < -0.3 is 15.1 Å². The zero-order chi connectivity index (χ0) is 17.8. The first-order valence-corrected chi connectivity index (χ1v) is 8.36. The van der Waals surface area contributed by atoms with E-state index in [1.54, 1.807) is 29.1 Å². The van der Waals surface area contributed by atoms with E-state index in [0.717, 1.165) is 11.4 Å². The van der Waals surface area contributed by atoms with Gasteiger partial charge in [0, 0.05) is 45.0 Å². The molecule has 1 fully saturated rings. The van der Waals surface area contributed by atoms with Crippen LogP contribution < -0.4 is 5.32 Å². The minimum atomic E-state index is -0.0525. The summed E-state index contributed by atoms with van der Waals surface area (Å²) in [5.41, 5.74) is 3.47. The number of amides is 2. The Morgan fingerprint density at radius 3 is 2.24 bits per heavy atom. The van der Waals surface area contributed by atoms with Crippen LogP contribution in [0.4, 0.5) is 11.4 Å². The molecule has 1 N–H and O–H groups in total. The fourth-order valence-corrected chi connectivity index (χ4v) is 2.84. The van der Waals surface area contributed by atoms with Gasteiger partial charge in [0.15, 0.2) is 0 Å². The molecule has 1 aromatic carbocycles. The molecule has 1 aliphatic heterocycles. The van der Waals surface area contributed by atoms with E-state index in [0.29, 0.717) is 31.7 Å². The lowest BCUT2D eigenvalue weighted by Gasteiger charge is -2.34. The molecule has 6 nitrogen and oxygen atoms in total. The maximum Gasteiger partial charge on any atom is 0.255 e. The van der Waals surface area contributed by atoms with Crippen molar-refractivity contribution >= 4 is 23.2 Å². The minimum absolute atomic E-state index is 0.0525. The molecule has 130 valence electrons. The molecule has 0 radical (unpaired) electrons. The van der Waals surface area contributed by atoms with Crippen LogP contribution in [0.2, 0.25) is 0 Å². The zero-order valence-corrected chi connectivity index (χ0v) is 14.5. The molecule has 1 aliphatic rings. The number of benzene rings is 1. The van der Waals surface area contributed by atoms with Crippen LogP contribution in [0.1, 0.15) is 22.8 Å². The third-order valence-corrected chi connectivity index (χ3v) is 4.34. The molecule has 6 heteroatoms. The maximum atomic E-state index is 12.7. The molecule has 2 aromatic rings. The average molecular weight is 338 g/mol. The molecule has 0 atom stereocenters. The predicted molar refractivity (Wildman–Crippen MR) is 96.9 cm³/mol. The van der Waals surface area contributed by atoms with Crippen LogP contribution >= 0.6 is 0 Å².